The summed E-state index contributed by atoms with van der Waals surface area (Å²) >= 11 is 0. The molecule has 0 unspecified atom stereocenters. The highest BCUT2D eigenvalue weighted by atomic mass is 16.1. The molecule has 2 rings (SSSR count). The zero-order valence-electron chi connectivity index (χ0n) is 9.43. The third-order valence-corrected chi connectivity index (χ3v) is 3.61. The highest BCUT2D eigenvalue weighted by molar-refractivity contribution is 5.76. The van der Waals surface area contributed by atoms with E-state index in [2.05, 4.69) is 10.6 Å². The molecule has 0 aromatic heterocycles. The smallest absolute Gasteiger partial charge is 0.221 e. The number of carbonyl (C=O) groups is 1. The predicted octanol–water partition coefficient (Wildman–Crippen LogP) is 1.58. The van der Waals surface area contributed by atoms with E-state index in [4.69, 9.17) is 0 Å². The minimum absolute atomic E-state index is 0.230. The molecule has 86 valence electrons. The third-order valence-electron chi connectivity index (χ3n) is 3.61. The van der Waals surface area contributed by atoms with Gasteiger partial charge in [-0.1, -0.05) is 19.3 Å². The quantitative estimate of drug-likeness (QED) is 0.723. The molecule has 0 bridgehead atoms. The van der Waals surface area contributed by atoms with Gasteiger partial charge in [-0.3, -0.25) is 4.79 Å². The summed E-state index contributed by atoms with van der Waals surface area (Å²) in [6, 6.07) is 1.17. The second-order valence-electron chi connectivity index (χ2n) is 4.88. The Balaban J connectivity index is 1.51. The topological polar surface area (TPSA) is 41.1 Å². The summed E-state index contributed by atoms with van der Waals surface area (Å²) in [5.74, 6) is 0.230. The average molecular weight is 210 g/mol. The molecular weight excluding hydrogens is 188 g/mol. The van der Waals surface area contributed by atoms with Crippen LogP contribution in [0, 0.1) is 0 Å². The number of nitrogens with one attached hydrogen (secondary N) is 2. The van der Waals surface area contributed by atoms with Crippen molar-refractivity contribution >= 4 is 5.91 Å². The molecule has 1 amide bonds. The second kappa shape index (κ2) is 5.50. The summed E-state index contributed by atoms with van der Waals surface area (Å²) in [7, 11) is 0. The molecule has 0 aromatic carbocycles. The van der Waals surface area contributed by atoms with Crippen molar-refractivity contribution in [3.63, 3.8) is 0 Å². The summed E-state index contributed by atoms with van der Waals surface area (Å²) in [4.78, 5) is 11.5. The first-order valence-electron chi connectivity index (χ1n) is 6.37. The normalized spacial score (nSPS) is 22.7. The number of hydrogen-bond donors (Lipinski definition) is 2. The Labute approximate surface area is 92.0 Å². The summed E-state index contributed by atoms with van der Waals surface area (Å²) in [5, 5.41) is 6.52. The van der Waals surface area contributed by atoms with Crippen LogP contribution in [0.15, 0.2) is 0 Å². The van der Waals surface area contributed by atoms with E-state index >= 15 is 0 Å². The molecule has 0 saturated heterocycles. The van der Waals surface area contributed by atoms with Crippen LogP contribution in [-0.4, -0.2) is 24.5 Å². The fourth-order valence-corrected chi connectivity index (χ4v) is 2.37. The van der Waals surface area contributed by atoms with E-state index < -0.39 is 0 Å². The number of hydrogen-bond acceptors (Lipinski definition) is 2. The van der Waals surface area contributed by atoms with Crippen LogP contribution in [0.2, 0.25) is 0 Å². The Morgan fingerprint density at radius 3 is 2.27 bits per heavy atom. The highest BCUT2D eigenvalue weighted by Gasteiger charge is 2.18. The van der Waals surface area contributed by atoms with Gasteiger partial charge >= 0.3 is 0 Å². The van der Waals surface area contributed by atoms with Crippen molar-refractivity contribution in [2.45, 2.75) is 63.5 Å². The number of carbonyl (C=O) groups excluding carboxylic acids is 1. The SMILES string of the molecule is O=C(CCNC1CCC1)NC1CCCC1. The molecular formula is C12H22N2O. The maximum absolute atomic E-state index is 11.5. The van der Waals surface area contributed by atoms with Gasteiger partial charge in [0.15, 0.2) is 0 Å². The van der Waals surface area contributed by atoms with E-state index in [1.807, 2.05) is 0 Å². The minimum atomic E-state index is 0.230. The second-order valence-corrected chi connectivity index (χ2v) is 4.88. The highest BCUT2D eigenvalue weighted by Crippen LogP contribution is 2.18. The summed E-state index contributed by atoms with van der Waals surface area (Å²) in [6.07, 6.45) is 9.52. The lowest BCUT2D eigenvalue weighted by Crippen LogP contribution is -2.39. The lowest BCUT2D eigenvalue weighted by atomic mass is 9.93. The van der Waals surface area contributed by atoms with Crippen molar-refractivity contribution in [3.8, 4) is 0 Å². The van der Waals surface area contributed by atoms with E-state index in [0.717, 1.165) is 6.54 Å². The maximum atomic E-state index is 11.5. The first-order chi connectivity index (χ1) is 7.34. The van der Waals surface area contributed by atoms with Crippen molar-refractivity contribution in [3.05, 3.63) is 0 Å². The van der Waals surface area contributed by atoms with Gasteiger partial charge in [-0.25, -0.2) is 0 Å². The van der Waals surface area contributed by atoms with Crippen LogP contribution >= 0.6 is 0 Å². The predicted molar refractivity (Wildman–Crippen MR) is 60.7 cm³/mol. The molecule has 15 heavy (non-hydrogen) atoms. The number of rotatable bonds is 5. The monoisotopic (exact) mass is 210 g/mol. The van der Waals surface area contributed by atoms with E-state index in [0.29, 0.717) is 18.5 Å². The van der Waals surface area contributed by atoms with Crippen LogP contribution in [0.4, 0.5) is 0 Å². The minimum Gasteiger partial charge on any atom is -0.353 e. The fraction of sp³-hybridized carbons (Fsp3) is 0.917. The van der Waals surface area contributed by atoms with Crippen LogP contribution < -0.4 is 10.6 Å². The largest absolute Gasteiger partial charge is 0.353 e. The number of amides is 1. The third kappa shape index (κ3) is 3.49. The first kappa shape index (κ1) is 10.9. The van der Waals surface area contributed by atoms with E-state index in [9.17, 15) is 4.79 Å². The van der Waals surface area contributed by atoms with Crippen molar-refractivity contribution in [2.75, 3.05) is 6.54 Å². The van der Waals surface area contributed by atoms with Gasteiger partial charge in [-0.2, -0.15) is 0 Å². The fourth-order valence-electron chi connectivity index (χ4n) is 2.37. The van der Waals surface area contributed by atoms with Gasteiger partial charge in [0.2, 0.25) is 5.91 Å². The van der Waals surface area contributed by atoms with E-state index in [1.54, 1.807) is 0 Å². The molecule has 2 aliphatic rings. The van der Waals surface area contributed by atoms with Gasteiger partial charge in [0, 0.05) is 25.0 Å². The van der Waals surface area contributed by atoms with Crippen LogP contribution in [0.25, 0.3) is 0 Å². The van der Waals surface area contributed by atoms with Crippen LogP contribution in [-0.2, 0) is 4.79 Å². The molecule has 2 saturated carbocycles. The summed E-state index contributed by atoms with van der Waals surface area (Å²) in [5.41, 5.74) is 0. The standard InChI is InChI=1S/C12H22N2O/c15-12(14-11-4-1-2-5-11)8-9-13-10-6-3-7-10/h10-11,13H,1-9H2,(H,14,15). The Hall–Kier alpha value is -0.570. The molecule has 2 aliphatic carbocycles. The zero-order valence-corrected chi connectivity index (χ0v) is 9.43. The molecule has 0 radical (unpaired) electrons. The molecule has 0 spiro atoms. The molecule has 0 aliphatic heterocycles. The van der Waals surface area contributed by atoms with Crippen molar-refractivity contribution in [2.24, 2.45) is 0 Å². The van der Waals surface area contributed by atoms with Gasteiger partial charge < -0.3 is 10.6 Å². The molecule has 3 nitrogen and oxygen atoms in total. The van der Waals surface area contributed by atoms with Gasteiger partial charge in [-0.15, -0.1) is 0 Å². The Kier molecular flexibility index (Phi) is 4.01. The molecule has 0 aromatic rings. The van der Waals surface area contributed by atoms with Crippen molar-refractivity contribution < 1.29 is 4.79 Å². The molecule has 2 fully saturated rings. The molecule has 0 atom stereocenters. The van der Waals surface area contributed by atoms with Gasteiger partial charge in [0.25, 0.3) is 0 Å². The van der Waals surface area contributed by atoms with Crippen molar-refractivity contribution in [1.82, 2.24) is 10.6 Å². The zero-order chi connectivity index (χ0) is 10.5. The van der Waals surface area contributed by atoms with Gasteiger partial charge in [0.05, 0.1) is 0 Å². The average Bonchev–Trinajstić information content (AvgIpc) is 2.62. The van der Waals surface area contributed by atoms with Crippen molar-refractivity contribution in [1.29, 1.82) is 0 Å². The lowest BCUT2D eigenvalue weighted by molar-refractivity contribution is -0.121. The van der Waals surface area contributed by atoms with E-state index in [1.165, 1.54) is 44.9 Å². The van der Waals surface area contributed by atoms with Gasteiger partial charge in [0.1, 0.15) is 0 Å². The molecule has 0 heterocycles. The summed E-state index contributed by atoms with van der Waals surface area (Å²) < 4.78 is 0. The molecule has 2 N–H and O–H groups in total. The van der Waals surface area contributed by atoms with Crippen LogP contribution in [0.5, 0.6) is 0 Å². The van der Waals surface area contributed by atoms with E-state index in [-0.39, 0.29) is 5.91 Å². The maximum Gasteiger partial charge on any atom is 0.221 e. The lowest BCUT2D eigenvalue weighted by Gasteiger charge is -2.26. The Morgan fingerprint density at radius 2 is 1.67 bits per heavy atom. The molecule has 3 heteroatoms. The summed E-state index contributed by atoms with van der Waals surface area (Å²) in [6.45, 7) is 0.850. The Morgan fingerprint density at radius 1 is 1.00 bits per heavy atom. The van der Waals surface area contributed by atoms with Crippen LogP contribution in [0.1, 0.15) is 51.4 Å². The van der Waals surface area contributed by atoms with Gasteiger partial charge in [-0.05, 0) is 25.7 Å². The Bertz CT molecular complexity index is 208. The first-order valence-corrected chi connectivity index (χ1v) is 6.37. The van der Waals surface area contributed by atoms with Crippen LogP contribution in [0.3, 0.4) is 0 Å².